The number of anilines is 3. The van der Waals surface area contributed by atoms with E-state index in [1.807, 2.05) is 40.8 Å². The smallest absolute Gasteiger partial charge is 0.410 e. The van der Waals surface area contributed by atoms with Crippen molar-refractivity contribution in [2.45, 2.75) is 59.5 Å². The molecule has 0 bridgehead atoms. The highest BCUT2D eigenvalue weighted by atomic mass is 16.6. The van der Waals surface area contributed by atoms with Crippen LogP contribution in [0.25, 0.3) is 5.57 Å². The van der Waals surface area contributed by atoms with Crippen molar-refractivity contribution in [1.82, 2.24) is 14.9 Å². The number of hydrogen-bond acceptors (Lipinski definition) is 7. The zero-order valence-corrected chi connectivity index (χ0v) is 21.0. The van der Waals surface area contributed by atoms with Crippen LogP contribution in [0.3, 0.4) is 0 Å². The first-order valence-electron chi connectivity index (χ1n) is 11.9. The van der Waals surface area contributed by atoms with Gasteiger partial charge in [0.05, 0.1) is 6.61 Å². The minimum absolute atomic E-state index is 0.268. The highest BCUT2D eigenvalue weighted by Gasteiger charge is 2.27. The number of amides is 1. The van der Waals surface area contributed by atoms with Crippen LogP contribution in [0.15, 0.2) is 18.2 Å². The van der Waals surface area contributed by atoms with Crippen LogP contribution in [0.4, 0.5) is 22.2 Å². The molecule has 0 unspecified atom stereocenters. The molecule has 182 valence electrons. The number of carbonyl (C=O) groups excluding carboxylic acids is 1. The molecule has 34 heavy (non-hydrogen) atoms. The molecule has 0 fully saturated rings. The first kappa shape index (κ1) is 23.9. The van der Waals surface area contributed by atoms with Crippen LogP contribution in [0.5, 0.6) is 5.75 Å². The maximum absolute atomic E-state index is 12.6. The Kier molecular flexibility index (Phi) is 6.68. The molecule has 1 amide bonds. The molecular weight excluding hydrogens is 430 g/mol. The van der Waals surface area contributed by atoms with Gasteiger partial charge < -0.3 is 25.0 Å². The second kappa shape index (κ2) is 9.52. The van der Waals surface area contributed by atoms with E-state index in [9.17, 15) is 4.79 Å². The number of benzene rings is 1. The Morgan fingerprint density at radius 2 is 1.97 bits per heavy atom. The molecular formula is C26H35N5O3. The van der Waals surface area contributed by atoms with Crippen LogP contribution in [-0.4, -0.2) is 53.3 Å². The Labute approximate surface area is 201 Å². The lowest BCUT2D eigenvalue weighted by molar-refractivity contribution is 0.0273. The monoisotopic (exact) mass is 465 g/mol. The lowest BCUT2D eigenvalue weighted by Crippen LogP contribution is -2.37. The summed E-state index contributed by atoms with van der Waals surface area (Å²) in [5.74, 6) is 2.29. The van der Waals surface area contributed by atoms with E-state index in [2.05, 4.69) is 39.7 Å². The quantitative estimate of drug-likeness (QED) is 0.639. The number of nitrogens with zero attached hydrogens (tertiary/aromatic N) is 3. The number of rotatable bonds is 4. The Morgan fingerprint density at radius 1 is 1.18 bits per heavy atom. The molecule has 0 radical (unpaired) electrons. The van der Waals surface area contributed by atoms with E-state index >= 15 is 0 Å². The molecule has 1 aromatic carbocycles. The Bertz CT molecular complexity index is 1120. The summed E-state index contributed by atoms with van der Waals surface area (Å²) in [7, 11) is 1.85. The van der Waals surface area contributed by atoms with Gasteiger partial charge in [-0.3, -0.25) is 0 Å². The third kappa shape index (κ3) is 5.26. The summed E-state index contributed by atoms with van der Waals surface area (Å²) in [6.07, 6.45) is 4.47. The minimum Gasteiger partial charge on any atom is -0.492 e. The molecule has 8 heteroatoms. The van der Waals surface area contributed by atoms with Crippen LogP contribution in [0, 0.1) is 13.8 Å². The second-order valence-electron chi connectivity index (χ2n) is 9.86. The lowest BCUT2D eigenvalue weighted by Gasteiger charge is -2.25. The zero-order chi connectivity index (χ0) is 24.5. The zero-order valence-electron chi connectivity index (χ0n) is 21.0. The standard InChI is InChI=1S/C26H35N5O3/c1-16-14-21(27-6)30-24(28-16)29-20-15-19-10-13-33-23(19)22(17(20)2)18-8-7-11-31(12-9-18)25(32)34-26(3,4)5/h9,14-15H,7-8,10-13H2,1-6H3,(H2,27,28,29,30). The summed E-state index contributed by atoms with van der Waals surface area (Å²) in [5.41, 5.74) is 5.94. The predicted molar refractivity (Wildman–Crippen MR) is 135 cm³/mol. The highest BCUT2D eigenvalue weighted by molar-refractivity contribution is 5.81. The number of aromatic nitrogens is 2. The van der Waals surface area contributed by atoms with E-state index in [0.717, 1.165) is 53.3 Å². The molecule has 1 aromatic heterocycles. The number of fused-ring (bicyclic) bond motifs is 1. The molecule has 2 aliphatic rings. The molecule has 3 heterocycles. The number of aryl methyl sites for hydroxylation is 1. The van der Waals surface area contributed by atoms with Crippen molar-refractivity contribution in [3.8, 4) is 5.75 Å². The summed E-state index contributed by atoms with van der Waals surface area (Å²) >= 11 is 0. The molecule has 0 aliphatic carbocycles. The van der Waals surface area contributed by atoms with Gasteiger partial charge >= 0.3 is 6.09 Å². The molecule has 0 saturated heterocycles. The summed E-state index contributed by atoms with van der Waals surface area (Å²) in [6.45, 7) is 11.6. The van der Waals surface area contributed by atoms with Gasteiger partial charge in [0.2, 0.25) is 5.95 Å². The van der Waals surface area contributed by atoms with Crippen molar-refractivity contribution in [1.29, 1.82) is 0 Å². The third-order valence-corrected chi connectivity index (χ3v) is 6.00. The molecule has 0 saturated carbocycles. The molecule has 2 aliphatic heterocycles. The van der Waals surface area contributed by atoms with Gasteiger partial charge in [-0.2, -0.15) is 4.98 Å². The van der Waals surface area contributed by atoms with E-state index in [1.54, 1.807) is 4.90 Å². The van der Waals surface area contributed by atoms with E-state index in [0.29, 0.717) is 25.6 Å². The number of nitrogens with one attached hydrogen (secondary N) is 2. The van der Waals surface area contributed by atoms with Crippen LogP contribution >= 0.6 is 0 Å². The fraction of sp³-hybridized carbons (Fsp3) is 0.500. The van der Waals surface area contributed by atoms with Crippen molar-refractivity contribution >= 4 is 29.1 Å². The molecule has 2 aromatic rings. The number of hydrogen-bond donors (Lipinski definition) is 2. The van der Waals surface area contributed by atoms with Gasteiger partial charge in [-0.25, -0.2) is 9.78 Å². The van der Waals surface area contributed by atoms with Gasteiger partial charge in [-0.15, -0.1) is 0 Å². The largest absolute Gasteiger partial charge is 0.492 e. The van der Waals surface area contributed by atoms with Crippen LogP contribution in [-0.2, 0) is 11.2 Å². The SMILES string of the molecule is CNc1cc(C)nc(Nc2cc3c(c(C4=CCN(C(=O)OC(C)(C)C)CCC4)c2C)OCC3)n1. The predicted octanol–water partition coefficient (Wildman–Crippen LogP) is 5.23. The van der Waals surface area contributed by atoms with Crippen molar-refractivity contribution in [3.63, 3.8) is 0 Å². The van der Waals surface area contributed by atoms with E-state index in [4.69, 9.17) is 9.47 Å². The fourth-order valence-corrected chi connectivity index (χ4v) is 4.41. The maximum Gasteiger partial charge on any atom is 0.410 e. The normalized spacial score (nSPS) is 15.7. The molecule has 2 N–H and O–H groups in total. The Balaban J connectivity index is 1.66. The average molecular weight is 466 g/mol. The number of allylic oxidation sites excluding steroid dienone is 1. The molecule has 0 spiro atoms. The van der Waals surface area contributed by atoms with Gasteiger partial charge in [0, 0.05) is 55.1 Å². The lowest BCUT2D eigenvalue weighted by atomic mass is 9.92. The average Bonchev–Trinajstić information content (AvgIpc) is 3.07. The highest BCUT2D eigenvalue weighted by Crippen LogP contribution is 2.42. The first-order valence-corrected chi connectivity index (χ1v) is 11.9. The summed E-state index contributed by atoms with van der Waals surface area (Å²) in [5, 5.41) is 6.52. The Morgan fingerprint density at radius 3 is 2.71 bits per heavy atom. The second-order valence-corrected chi connectivity index (χ2v) is 9.86. The van der Waals surface area contributed by atoms with Crippen LogP contribution < -0.4 is 15.4 Å². The van der Waals surface area contributed by atoms with Gasteiger partial charge in [0.15, 0.2) is 0 Å². The molecule has 8 nitrogen and oxygen atoms in total. The topological polar surface area (TPSA) is 88.6 Å². The van der Waals surface area contributed by atoms with E-state index < -0.39 is 5.60 Å². The van der Waals surface area contributed by atoms with Crippen molar-refractivity contribution in [3.05, 3.63) is 40.6 Å². The van der Waals surface area contributed by atoms with E-state index in [1.165, 1.54) is 11.1 Å². The van der Waals surface area contributed by atoms with Gasteiger partial charge in [-0.05, 0) is 64.7 Å². The Hall–Kier alpha value is -3.29. The van der Waals surface area contributed by atoms with Gasteiger partial charge in [-0.1, -0.05) is 6.08 Å². The van der Waals surface area contributed by atoms with E-state index in [-0.39, 0.29) is 6.09 Å². The maximum atomic E-state index is 12.6. The van der Waals surface area contributed by atoms with Crippen molar-refractivity contribution in [2.24, 2.45) is 0 Å². The minimum atomic E-state index is -0.508. The van der Waals surface area contributed by atoms with Gasteiger partial charge in [0.1, 0.15) is 17.2 Å². The van der Waals surface area contributed by atoms with Crippen LogP contribution in [0.2, 0.25) is 0 Å². The number of carbonyl (C=O) groups is 1. The van der Waals surface area contributed by atoms with Crippen LogP contribution in [0.1, 0.15) is 56.0 Å². The summed E-state index contributed by atoms with van der Waals surface area (Å²) in [6, 6.07) is 4.06. The first-order chi connectivity index (χ1) is 16.1. The summed E-state index contributed by atoms with van der Waals surface area (Å²) < 4.78 is 11.7. The van der Waals surface area contributed by atoms with Crippen molar-refractivity contribution in [2.75, 3.05) is 37.4 Å². The number of ether oxygens (including phenoxy) is 2. The molecule has 4 rings (SSSR count). The van der Waals surface area contributed by atoms with Gasteiger partial charge in [0.25, 0.3) is 0 Å². The summed E-state index contributed by atoms with van der Waals surface area (Å²) in [4.78, 5) is 23.5. The third-order valence-electron chi connectivity index (χ3n) is 6.00. The molecule has 0 atom stereocenters. The fourth-order valence-electron chi connectivity index (χ4n) is 4.41. The van der Waals surface area contributed by atoms with Crippen molar-refractivity contribution < 1.29 is 14.3 Å².